The van der Waals surface area contributed by atoms with Gasteiger partial charge in [0, 0.05) is 6.04 Å². The Morgan fingerprint density at radius 2 is 2.05 bits per heavy atom. The summed E-state index contributed by atoms with van der Waals surface area (Å²) in [5, 5.41) is 11.5. The Bertz CT molecular complexity index is 340. The van der Waals surface area contributed by atoms with E-state index in [1.807, 2.05) is 13.8 Å². The van der Waals surface area contributed by atoms with Crippen LogP contribution in [0.3, 0.4) is 0 Å². The van der Waals surface area contributed by atoms with Gasteiger partial charge < -0.3 is 20.1 Å². The van der Waals surface area contributed by atoms with Crippen LogP contribution in [0.2, 0.25) is 0 Å². The highest BCUT2D eigenvalue weighted by Crippen LogP contribution is 2.24. The van der Waals surface area contributed by atoms with E-state index in [-0.39, 0.29) is 18.7 Å². The monoisotopic (exact) mass is 286 g/mol. The molecule has 1 fully saturated rings. The number of likely N-dealkylation sites (tertiary alicyclic amines) is 1. The second-order valence-corrected chi connectivity index (χ2v) is 5.83. The molecule has 0 aromatic rings. The molecule has 0 bridgehead atoms. The van der Waals surface area contributed by atoms with E-state index in [2.05, 4.69) is 12.2 Å². The van der Waals surface area contributed by atoms with Gasteiger partial charge in [-0.05, 0) is 20.3 Å². The molecule has 0 radical (unpaired) electrons. The van der Waals surface area contributed by atoms with Crippen molar-refractivity contribution in [3.63, 3.8) is 0 Å². The number of carboxylic acids is 1. The molecule has 2 N–H and O–H groups in total. The van der Waals surface area contributed by atoms with Gasteiger partial charge in [-0.15, -0.1) is 0 Å². The van der Waals surface area contributed by atoms with Crippen LogP contribution in [0.1, 0.15) is 46.5 Å². The standard InChI is InChI=1S/C14H26N2O4/c1-4-5-6-7-11(2)15-13(19)16-9-14(3,10-16)20-8-12(17)18/h11H,4-10H2,1-3H3,(H,15,19)(H,17,18). The highest BCUT2D eigenvalue weighted by molar-refractivity contribution is 5.75. The predicted octanol–water partition coefficient (Wildman–Crippen LogP) is 1.84. The van der Waals surface area contributed by atoms with Crippen molar-refractivity contribution in [2.75, 3.05) is 19.7 Å². The lowest BCUT2D eigenvalue weighted by atomic mass is 9.97. The van der Waals surface area contributed by atoms with Crippen LogP contribution >= 0.6 is 0 Å². The fraction of sp³-hybridized carbons (Fsp3) is 0.857. The maximum Gasteiger partial charge on any atom is 0.329 e. The van der Waals surface area contributed by atoms with Gasteiger partial charge in [0.05, 0.1) is 13.1 Å². The van der Waals surface area contributed by atoms with Crippen molar-refractivity contribution >= 4 is 12.0 Å². The molecular formula is C14H26N2O4. The molecule has 20 heavy (non-hydrogen) atoms. The third-order valence-electron chi connectivity index (χ3n) is 3.49. The number of ether oxygens (including phenoxy) is 1. The third-order valence-corrected chi connectivity index (χ3v) is 3.49. The normalized spacial score (nSPS) is 18.2. The van der Waals surface area contributed by atoms with Crippen LogP contribution in [0, 0.1) is 0 Å². The molecule has 116 valence electrons. The van der Waals surface area contributed by atoms with Crippen LogP contribution in [-0.4, -0.2) is 53.3 Å². The molecule has 0 aromatic carbocycles. The molecular weight excluding hydrogens is 260 g/mol. The highest BCUT2D eigenvalue weighted by atomic mass is 16.5. The first kappa shape index (κ1) is 16.8. The van der Waals surface area contributed by atoms with Crippen LogP contribution in [0.4, 0.5) is 4.79 Å². The lowest BCUT2D eigenvalue weighted by molar-refractivity contribution is -0.159. The van der Waals surface area contributed by atoms with E-state index in [0.717, 1.165) is 12.8 Å². The van der Waals surface area contributed by atoms with Crippen LogP contribution in [0.25, 0.3) is 0 Å². The van der Waals surface area contributed by atoms with Gasteiger partial charge in [-0.2, -0.15) is 0 Å². The molecule has 6 nitrogen and oxygen atoms in total. The fourth-order valence-corrected chi connectivity index (χ4v) is 2.31. The molecule has 2 amide bonds. The van der Waals surface area contributed by atoms with E-state index < -0.39 is 11.6 Å². The lowest BCUT2D eigenvalue weighted by Crippen LogP contribution is -2.65. The number of nitrogens with zero attached hydrogens (tertiary/aromatic N) is 1. The number of unbranched alkanes of at least 4 members (excludes halogenated alkanes) is 2. The third kappa shape index (κ3) is 5.36. The van der Waals surface area contributed by atoms with Gasteiger partial charge in [-0.25, -0.2) is 9.59 Å². The zero-order valence-electron chi connectivity index (χ0n) is 12.6. The molecule has 0 saturated carbocycles. The van der Waals surface area contributed by atoms with Crippen molar-refractivity contribution in [1.29, 1.82) is 0 Å². The first-order valence-electron chi connectivity index (χ1n) is 7.27. The largest absolute Gasteiger partial charge is 0.480 e. The summed E-state index contributed by atoms with van der Waals surface area (Å²) in [5.74, 6) is -0.987. The number of nitrogens with one attached hydrogen (secondary N) is 1. The smallest absolute Gasteiger partial charge is 0.329 e. The van der Waals surface area contributed by atoms with Gasteiger partial charge in [0.15, 0.2) is 0 Å². The summed E-state index contributed by atoms with van der Waals surface area (Å²) in [4.78, 5) is 24.0. The molecule has 0 aromatic heterocycles. The Morgan fingerprint density at radius 3 is 2.60 bits per heavy atom. The van der Waals surface area contributed by atoms with Gasteiger partial charge in [-0.3, -0.25) is 0 Å². The number of carbonyl (C=O) groups excluding carboxylic acids is 1. The maximum absolute atomic E-state index is 11.9. The highest BCUT2D eigenvalue weighted by Gasteiger charge is 2.42. The topological polar surface area (TPSA) is 78.9 Å². The van der Waals surface area contributed by atoms with Crippen LogP contribution in [-0.2, 0) is 9.53 Å². The summed E-state index contributed by atoms with van der Waals surface area (Å²) in [6.07, 6.45) is 4.47. The molecule has 1 aliphatic heterocycles. The van der Waals surface area contributed by atoms with Crippen molar-refractivity contribution in [3.8, 4) is 0 Å². The Kier molecular flexibility index (Phi) is 6.26. The molecule has 1 aliphatic rings. The van der Waals surface area contributed by atoms with Gasteiger partial charge in [0.2, 0.25) is 0 Å². The number of amides is 2. The quantitative estimate of drug-likeness (QED) is 0.667. The van der Waals surface area contributed by atoms with Gasteiger partial charge in [-0.1, -0.05) is 26.2 Å². The number of carboxylic acid groups (broad SMARTS) is 1. The average Bonchev–Trinajstić information content (AvgIpc) is 2.33. The Morgan fingerprint density at radius 1 is 1.40 bits per heavy atom. The zero-order valence-corrected chi connectivity index (χ0v) is 12.6. The molecule has 1 saturated heterocycles. The molecule has 0 spiro atoms. The number of carbonyl (C=O) groups is 2. The van der Waals surface area contributed by atoms with E-state index in [0.29, 0.717) is 13.1 Å². The SMILES string of the molecule is CCCCCC(C)NC(=O)N1CC(C)(OCC(=O)O)C1. The van der Waals surface area contributed by atoms with Crippen molar-refractivity contribution in [3.05, 3.63) is 0 Å². The number of urea groups is 1. The molecule has 6 heteroatoms. The second-order valence-electron chi connectivity index (χ2n) is 5.83. The van der Waals surface area contributed by atoms with Crippen LogP contribution in [0.15, 0.2) is 0 Å². The van der Waals surface area contributed by atoms with E-state index in [9.17, 15) is 9.59 Å². The molecule has 1 unspecified atom stereocenters. The molecule has 1 atom stereocenters. The van der Waals surface area contributed by atoms with Crippen molar-refractivity contribution in [2.24, 2.45) is 0 Å². The molecule has 1 rings (SSSR count). The second kappa shape index (κ2) is 7.47. The van der Waals surface area contributed by atoms with E-state index in [4.69, 9.17) is 9.84 Å². The summed E-state index contributed by atoms with van der Waals surface area (Å²) < 4.78 is 5.27. The Labute approximate surface area is 120 Å². The number of rotatable bonds is 8. The van der Waals surface area contributed by atoms with Crippen LogP contribution in [0.5, 0.6) is 0 Å². The van der Waals surface area contributed by atoms with Crippen molar-refractivity contribution in [2.45, 2.75) is 58.1 Å². The summed E-state index contributed by atoms with van der Waals surface area (Å²) in [5.41, 5.74) is -0.527. The minimum Gasteiger partial charge on any atom is -0.480 e. The first-order valence-corrected chi connectivity index (χ1v) is 7.27. The predicted molar refractivity (Wildman–Crippen MR) is 75.7 cm³/mol. The lowest BCUT2D eigenvalue weighted by Gasteiger charge is -2.47. The fourth-order valence-electron chi connectivity index (χ4n) is 2.31. The average molecular weight is 286 g/mol. The van der Waals surface area contributed by atoms with Gasteiger partial charge in [0.1, 0.15) is 12.2 Å². The molecule has 1 heterocycles. The van der Waals surface area contributed by atoms with E-state index in [1.165, 1.54) is 12.8 Å². The summed E-state index contributed by atoms with van der Waals surface area (Å²) in [6.45, 7) is 6.54. The Balaban J connectivity index is 2.22. The minimum atomic E-state index is -0.987. The van der Waals surface area contributed by atoms with Crippen molar-refractivity contribution < 1.29 is 19.4 Å². The number of hydrogen-bond donors (Lipinski definition) is 2. The van der Waals surface area contributed by atoms with Crippen molar-refractivity contribution in [1.82, 2.24) is 10.2 Å². The summed E-state index contributed by atoms with van der Waals surface area (Å²) in [6, 6.07) is 0.0752. The minimum absolute atomic E-state index is 0.0922. The number of hydrogen-bond acceptors (Lipinski definition) is 3. The Hall–Kier alpha value is -1.30. The van der Waals surface area contributed by atoms with Crippen LogP contribution < -0.4 is 5.32 Å². The van der Waals surface area contributed by atoms with Gasteiger partial charge >= 0.3 is 12.0 Å². The number of aliphatic carboxylic acids is 1. The van der Waals surface area contributed by atoms with E-state index in [1.54, 1.807) is 4.90 Å². The first-order chi connectivity index (χ1) is 9.36. The van der Waals surface area contributed by atoms with E-state index >= 15 is 0 Å². The van der Waals surface area contributed by atoms with Gasteiger partial charge in [0.25, 0.3) is 0 Å². The molecule has 0 aliphatic carbocycles. The summed E-state index contributed by atoms with van der Waals surface area (Å²) in [7, 11) is 0. The summed E-state index contributed by atoms with van der Waals surface area (Å²) >= 11 is 0. The maximum atomic E-state index is 11.9. The zero-order chi connectivity index (χ0) is 15.2.